The predicted octanol–water partition coefficient (Wildman–Crippen LogP) is 1.35. The molecule has 0 aromatic carbocycles. The van der Waals surface area contributed by atoms with E-state index in [4.69, 9.17) is 5.84 Å². The Morgan fingerprint density at radius 1 is 1.45 bits per heavy atom. The van der Waals surface area contributed by atoms with Gasteiger partial charge in [0.2, 0.25) is 0 Å². The Morgan fingerprint density at radius 2 is 2.09 bits per heavy atom. The average Bonchev–Trinajstić information content (AvgIpc) is 1.89. The minimum atomic E-state index is -0.444. The number of halogens is 3. The van der Waals surface area contributed by atoms with Crippen molar-refractivity contribution in [2.45, 2.75) is 0 Å². The quantitative estimate of drug-likeness (QED) is 0.531. The van der Waals surface area contributed by atoms with Crippen LogP contribution < -0.4 is 11.3 Å². The normalized spacial score (nSPS) is 7.45. The monoisotopic (exact) mass is 199 g/mol. The molecule has 0 aliphatic heterocycles. The van der Waals surface area contributed by atoms with Crippen molar-refractivity contribution in [2.24, 2.45) is 5.84 Å². The summed E-state index contributed by atoms with van der Waals surface area (Å²) in [6.45, 7) is 0. The molecule has 0 aliphatic rings. The molecule has 1 aromatic heterocycles. The lowest BCUT2D eigenvalue weighted by Crippen LogP contribution is -2.09. The zero-order valence-electron chi connectivity index (χ0n) is 5.45. The predicted molar refractivity (Wildman–Crippen MR) is 46.5 cm³/mol. The molecule has 3 nitrogen and oxygen atoms in total. The molecule has 1 heterocycles. The van der Waals surface area contributed by atoms with Gasteiger partial charge >= 0.3 is 0 Å². The van der Waals surface area contributed by atoms with Gasteiger partial charge in [-0.15, -0.1) is 24.8 Å². The molecular weight excluding hydrogens is 192 g/mol. The molecule has 0 spiro atoms. The van der Waals surface area contributed by atoms with Gasteiger partial charge in [-0.05, 0) is 12.1 Å². The van der Waals surface area contributed by atoms with E-state index in [1.54, 1.807) is 0 Å². The lowest BCUT2D eigenvalue weighted by Gasteiger charge is -1.96. The van der Waals surface area contributed by atoms with Crippen molar-refractivity contribution >= 4 is 30.6 Å². The van der Waals surface area contributed by atoms with E-state index >= 15 is 0 Å². The maximum absolute atomic E-state index is 12.4. The van der Waals surface area contributed by atoms with E-state index < -0.39 is 5.82 Å². The highest BCUT2D eigenvalue weighted by molar-refractivity contribution is 5.85. The van der Waals surface area contributed by atoms with Crippen molar-refractivity contribution in [3.63, 3.8) is 0 Å². The zero-order chi connectivity index (χ0) is 6.69. The summed E-state index contributed by atoms with van der Waals surface area (Å²) in [5.74, 6) is 4.52. The van der Waals surface area contributed by atoms with Gasteiger partial charge in [0.15, 0.2) is 11.6 Å². The Kier molecular flexibility index (Phi) is 7.29. The second-order valence-corrected chi connectivity index (χ2v) is 1.48. The number of hydrogen-bond acceptors (Lipinski definition) is 3. The van der Waals surface area contributed by atoms with Crippen LogP contribution >= 0.6 is 24.8 Å². The van der Waals surface area contributed by atoms with E-state index in [2.05, 4.69) is 10.4 Å². The van der Waals surface area contributed by atoms with Crippen molar-refractivity contribution in [3.8, 4) is 0 Å². The van der Waals surface area contributed by atoms with E-state index in [0.29, 0.717) is 0 Å². The summed E-state index contributed by atoms with van der Waals surface area (Å²) in [5, 5.41) is 0. The van der Waals surface area contributed by atoms with Crippen LogP contribution in [0.1, 0.15) is 0 Å². The van der Waals surface area contributed by atoms with Crippen molar-refractivity contribution in [3.05, 3.63) is 24.1 Å². The number of hydrogen-bond donors (Lipinski definition) is 2. The fraction of sp³-hybridized carbons (Fsp3) is 0. The highest BCUT2D eigenvalue weighted by Gasteiger charge is 1.95. The fourth-order valence-corrected chi connectivity index (χ4v) is 0.492. The summed E-state index contributed by atoms with van der Waals surface area (Å²) in [5.41, 5.74) is 2.11. The van der Waals surface area contributed by atoms with Crippen LogP contribution in [-0.2, 0) is 0 Å². The molecule has 0 amide bonds. The molecule has 0 fully saturated rings. The van der Waals surface area contributed by atoms with Crippen LogP contribution in [0.5, 0.6) is 0 Å². The van der Waals surface area contributed by atoms with Gasteiger partial charge < -0.3 is 5.43 Å². The summed E-state index contributed by atoms with van der Waals surface area (Å²) in [7, 11) is 0. The SMILES string of the molecule is Cl.Cl.NNc1ncccc1F. The second-order valence-electron chi connectivity index (χ2n) is 1.48. The number of aromatic nitrogens is 1. The number of anilines is 1. The molecule has 64 valence electrons. The summed E-state index contributed by atoms with van der Waals surface area (Å²) in [6.07, 6.45) is 1.46. The van der Waals surface area contributed by atoms with Gasteiger partial charge in [0.25, 0.3) is 0 Å². The highest BCUT2D eigenvalue weighted by Crippen LogP contribution is 2.04. The topological polar surface area (TPSA) is 50.9 Å². The Bertz CT molecular complexity index is 209. The van der Waals surface area contributed by atoms with Gasteiger partial charge in [-0.3, -0.25) is 0 Å². The molecule has 0 saturated carbocycles. The number of nitrogens with two attached hydrogens (primary N) is 1. The second kappa shape index (κ2) is 6.15. The fourth-order valence-electron chi connectivity index (χ4n) is 0.492. The van der Waals surface area contributed by atoms with Crippen molar-refractivity contribution in [1.29, 1.82) is 0 Å². The van der Waals surface area contributed by atoms with E-state index in [1.807, 2.05) is 0 Å². The van der Waals surface area contributed by atoms with Crippen molar-refractivity contribution in [1.82, 2.24) is 4.98 Å². The Labute approximate surface area is 76.0 Å². The van der Waals surface area contributed by atoms with Crippen LogP contribution in [0.2, 0.25) is 0 Å². The van der Waals surface area contributed by atoms with E-state index in [-0.39, 0.29) is 30.6 Å². The van der Waals surface area contributed by atoms with Gasteiger partial charge in [-0.1, -0.05) is 0 Å². The molecule has 0 unspecified atom stereocenters. The van der Waals surface area contributed by atoms with Gasteiger partial charge in [0, 0.05) is 6.20 Å². The molecule has 0 radical (unpaired) electrons. The molecule has 0 atom stereocenters. The number of nitrogens with one attached hydrogen (secondary N) is 1. The van der Waals surface area contributed by atoms with Crippen LogP contribution in [0.3, 0.4) is 0 Å². The molecule has 1 rings (SSSR count). The first-order valence-corrected chi connectivity index (χ1v) is 2.41. The number of rotatable bonds is 1. The number of pyridine rings is 1. The van der Waals surface area contributed by atoms with E-state index in [9.17, 15) is 4.39 Å². The molecule has 6 heteroatoms. The average molecular weight is 200 g/mol. The van der Waals surface area contributed by atoms with Crippen LogP contribution in [0, 0.1) is 5.82 Å². The van der Waals surface area contributed by atoms with Crippen molar-refractivity contribution < 1.29 is 4.39 Å². The Morgan fingerprint density at radius 3 is 2.45 bits per heavy atom. The van der Waals surface area contributed by atoms with Crippen LogP contribution in [0.4, 0.5) is 10.2 Å². The Balaban J connectivity index is 0. The number of nitrogen functional groups attached to an aromatic ring is 1. The first kappa shape index (κ1) is 13.0. The molecule has 0 aliphatic carbocycles. The minimum Gasteiger partial charge on any atom is -0.306 e. The summed E-state index contributed by atoms with van der Waals surface area (Å²) >= 11 is 0. The Hall–Kier alpha value is -0.580. The number of hydrazine groups is 1. The van der Waals surface area contributed by atoms with Crippen LogP contribution in [0.15, 0.2) is 18.3 Å². The molecule has 0 bridgehead atoms. The summed E-state index contributed by atoms with van der Waals surface area (Å²) < 4.78 is 12.4. The highest BCUT2D eigenvalue weighted by atomic mass is 35.5. The lowest BCUT2D eigenvalue weighted by atomic mass is 10.4. The summed E-state index contributed by atoms with van der Waals surface area (Å²) in [4.78, 5) is 3.59. The van der Waals surface area contributed by atoms with Gasteiger partial charge in [0.1, 0.15) is 0 Å². The molecular formula is C5H8Cl2FN3. The molecule has 1 aromatic rings. The third kappa shape index (κ3) is 3.36. The third-order valence-corrected chi connectivity index (χ3v) is 0.895. The maximum atomic E-state index is 12.4. The molecule has 0 saturated heterocycles. The van der Waals surface area contributed by atoms with E-state index in [1.165, 1.54) is 18.3 Å². The standard InChI is InChI=1S/C5H6FN3.2ClH/c6-4-2-1-3-8-5(4)9-7;;/h1-3H,7H2,(H,8,9);2*1H. The molecule has 3 N–H and O–H groups in total. The van der Waals surface area contributed by atoms with Crippen molar-refractivity contribution in [2.75, 3.05) is 5.43 Å². The smallest absolute Gasteiger partial charge is 0.176 e. The maximum Gasteiger partial charge on any atom is 0.176 e. The first-order valence-electron chi connectivity index (χ1n) is 2.41. The van der Waals surface area contributed by atoms with Gasteiger partial charge in [-0.25, -0.2) is 15.2 Å². The number of nitrogens with zero attached hydrogens (tertiary/aromatic N) is 1. The van der Waals surface area contributed by atoms with Crippen LogP contribution in [0.25, 0.3) is 0 Å². The van der Waals surface area contributed by atoms with Gasteiger partial charge in [-0.2, -0.15) is 0 Å². The lowest BCUT2D eigenvalue weighted by molar-refractivity contribution is 0.625. The van der Waals surface area contributed by atoms with Gasteiger partial charge in [0.05, 0.1) is 0 Å². The summed E-state index contributed by atoms with van der Waals surface area (Å²) in [6, 6.07) is 2.78. The van der Waals surface area contributed by atoms with Crippen LogP contribution in [-0.4, -0.2) is 4.98 Å². The van der Waals surface area contributed by atoms with E-state index in [0.717, 1.165) is 0 Å². The molecule has 11 heavy (non-hydrogen) atoms. The third-order valence-electron chi connectivity index (χ3n) is 0.895. The largest absolute Gasteiger partial charge is 0.306 e. The first-order chi connectivity index (χ1) is 4.34. The minimum absolute atomic E-state index is 0. The zero-order valence-corrected chi connectivity index (χ0v) is 7.08.